The highest BCUT2D eigenvalue weighted by molar-refractivity contribution is 5.87. The van der Waals surface area contributed by atoms with Crippen molar-refractivity contribution in [3.63, 3.8) is 0 Å². The Hall–Kier alpha value is -2.64. The highest BCUT2D eigenvalue weighted by Gasteiger charge is 2.09. The van der Waals surface area contributed by atoms with Crippen molar-refractivity contribution in [2.45, 2.75) is 12.6 Å². The molecule has 20 heavy (non-hydrogen) atoms. The van der Waals surface area contributed by atoms with Gasteiger partial charge < -0.3 is 5.11 Å². The van der Waals surface area contributed by atoms with E-state index in [9.17, 15) is 10.1 Å². The van der Waals surface area contributed by atoms with E-state index in [1.807, 2.05) is 30.3 Å². The standard InChI is InChI=1S/C16H14N2O2/c17-10-15(13-4-2-1-3-5-13)18-11-12-6-8-14(9-7-12)16(19)20/h1-9,15,18H,11H2,(H,19,20). The minimum absolute atomic E-state index is 0.258. The maximum atomic E-state index is 10.8. The SMILES string of the molecule is N#CC(NCc1ccc(C(=O)O)cc1)c1ccccc1. The van der Waals surface area contributed by atoms with Crippen LogP contribution in [0.25, 0.3) is 0 Å². The second kappa shape index (κ2) is 6.50. The molecular weight excluding hydrogens is 252 g/mol. The maximum Gasteiger partial charge on any atom is 0.335 e. The number of hydrogen-bond acceptors (Lipinski definition) is 3. The quantitative estimate of drug-likeness (QED) is 0.872. The highest BCUT2D eigenvalue weighted by atomic mass is 16.4. The smallest absolute Gasteiger partial charge is 0.335 e. The summed E-state index contributed by atoms with van der Waals surface area (Å²) in [6.45, 7) is 0.507. The second-order valence-corrected chi connectivity index (χ2v) is 4.36. The minimum Gasteiger partial charge on any atom is -0.478 e. The minimum atomic E-state index is -0.941. The third-order valence-electron chi connectivity index (χ3n) is 2.97. The first-order valence-corrected chi connectivity index (χ1v) is 6.21. The molecular formula is C16H14N2O2. The average Bonchev–Trinajstić information content (AvgIpc) is 2.49. The van der Waals surface area contributed by atoms with Crippen molar-refractivity contribution in [1.29, 1.82) is 5.26 Å². The van der Waals surface area contributed by atoms with Gasteiger partial charge in [0.25, 0.3) is 0 Å². The van der Waals surface area contributed by atoms with E-state index >= 15 is 0 Å². The predicted molar refractivity (Wildman–Crippen MR) is 75.0 cm³/mol. The Labute approximate surface area is 117 Å². The summed E-state index contributed by atoms with van der Waals surface area (Å²) in [5.74, 6) is -0.941. The van der Waals surface area contributed by atoms with E-state index in [1.165, 1.54) is 0 Å². The van der Waals surface area contributed by atoms with Crippen LogP contribution in [0.1, 0.15) is 27.5 Å². The number of rotatable bonds is 5. The van der Waals surface area contributed by atoms with Gasteiger partial charge in [0.15, 0.2) is 0 Å². The lowest BCUT2D eigenvalue weighted by Crippen LogP contribution is -2.19. The summed E-state index contributed by atoms with van der Waals surface area (Å²) < 4.78 is 0. The van der Waals surface area contributed by atoms with E-state index in [1.54, 1.807) is 24.3 Å². The monoisotopic (exact) mass is 266 g/mol. The second-order valence-electron chi connectivity index (χ2n) is 4.36. The van der Waals surface area contributed by atoms with Gasteiger partial charge in [0.05, 0.1) is 11.6 Å². The lowest BCUT2D eigenvalue weighted by Gasteiger charge is -2.11. The molecule has 0 bridgehead atoms. The van der Waals surface area contributed by atoms with Crippen LogP contribution < -0.4 is 5.32 Å². The summed E-state index contributed by atoms with van der Waals surface area (Å²) in [4.78, 5) is 10.8. The molecule has 0 radical (unpaired) electrons. The van der Waals surface area contributed by atoms with Crippen molar-refractivity contribution in [2.75, 3.05) is 0 Å². The van der Waals surface area contributed by atoms with Crippen LogP contribution in [0.15, 0.2) is 54.6 Å². The zero-order chi connectivity index (χ0) is 14.4. The van der Waals surface area contributed by atoms with Gasteiger partial charge in [0, 0.05) is 6.54 Å². The number of carboxylic acids is 1. The number of carboxylic acid groups (broad SMARTS) is 1. The third kappa shape index (κ3) is 3.44. The van der Waals surface area contributed by atoms with Crippen LogP contribution in [0.4, 0.5) is 0 Å². The van der Waals surface area contributed by atoms with Crippen LogP contribution >= 0.6 is 0 Å². The van der Waals surface area contributed by atoms with Gasteiger partial charge in [-0.2, -0.15) is 5.26 Å². The fraction of sp³-hybridized carbons (Fsp3) is 0.125. The average molecular weight is 266 g/mol. The summed E-state index contributed by atoms with van der Waals surface area (Å²) >= 11 is 0. The zero-order valence-electron chi connectivity index (χ0n) is 10.8. The molecule has 0 fully saturated rings. The van der Waals surface area contributed by atoms with Crippen molar-refractivity contribution in [3.05, 3.63) is 71.3 Å². The molecule has 100 valence electrons. The van der Waals surface area contributed by atoms with E-state index in [4.69, 9.17) is 5.11 Å². The van der Waals surface area contributed by atoms with Gasteiger partial charge in [0.2, 0.25) is 0 Å². The molecule has 0 aliphatic carbocycles. The molecule has 1 unspecified atom stereocenters. The molecule has 2 rings (SSSR count). The third-order valence-corrected chi connectivity index (χ3v) is 2.97. The molecule has 0 spiro atoms. The van der Waals surface area contributed by atoms with Gasteiger partial charge in [-0.05, 0) is 23.3 Å². The van der Waals surface area contributed by atoms with Crippen molar-refractivity contribution in [1.82, 2.24) is 5.32 Å². The number of nitriles is 1. The molecule has 2 aromatic rings. The van der Waals surface area contributed by atoms with E-state index in [2.05, 4.69) is 11.4 Å². The number of aromatic carboxylic acids is 1. The Balaban J connectivity index is 2.00. The topological polar surface area (TPSA) is 73.1 Å². The first-order chi connectivity index (χ1) is 9.70. The van der Waals surface area contributed by atoms with E-state index < -0.39 is 5.97 Å². The van der Waals surface area contributed by atoms with Crippen LogP contribution in [-0.4, -0.2) is 11.1 Å². The van der Waals surface area contributed by atoms with Gasteiger partial charge in [-0.1, -0.05) is 42.5 Å². The Kier molecular flexibility index (Phi) is 4.48. The van der Waals surface area contributed by atoms with Crippen LogP contribution in [-0.2, 0) is 6.54 Å². The van der Waals surface area contributed by atoms with Crippen LogP contribution in [0.3, 0.4) is 0 Å². The van der Waals surface area contributed by atoms with Crippen LogP contribution in [0, 0.1) is 11.3 Å². The Morgan fingerprint density at radius 2 is 1.80 bits per heavy atom. The van der Waals surface area contributed by atoms with Gasteiger partial charge in [-0.25, -0.2) is 4.79 Å². The van der Waals surface area contributed by atoms with Crippen molar-refractivity contribution in [3.8, 4) is 6.07 Å². The lowest BCUT2D eigenvalue weighted by molar-refractivity contribution is 0.0697. The number of nitrogens with one attached hydrogen (secondary N) is 1. The summed E-state index contributed by atoms with van der Waals surface area (Å²) in [6.07, 6.45) is 0. The molecule has 0 aromatic heterocycles. The lowest BCUT2D eigenvalue weighted by atomic mass is 10.1. The summed E-state index contributed by atoms with van der Waals surface area (Å²) in [7, 11) is 0. The molecule has 4 heteroatoms. The fourth-order valence-corrected chi connectivity index (χ4v) is 1.87. The van der Waals surface area contributed by atoms with Crippen LogP contribution in [0.5, 0.6) is 0 Å². The maximum absolute atomic E-state index is 10.8. The molecule has 4 nitrogen and oxygen atoms in total. The summed E-state index contributed by atoms with van der Waals surface area (Å²) in [5.41, 5.74) is 2.11. The van der Waals surface area contributed by atoms with Gasteiger partial charge in [-0.15, -0.1) is 0 Å². The molecule has 2 N–H and O–H groups in total. The molecule has 0 heterocycles. The van der Waals surface area contributed by atoms with Crippen LogP contribution in [0.2, 0.25) is 0 Å². The number of nitrogens with zero attached hydrogens (tertiary/aromatic N) is 1. The Morgan fingerprint density at radius 3 is 2.35 bits per heavy atom. The molecule has 0 saturated carbocycles. The van der Waals surface area contributed by atoms with Gasteiger partial charge in [-0.3, -0.25) is 5.32 Å². The normalized spacial score (nSPS) is 11.6. The molecule has 2 aromatic carbocycles. The summed E-state index contributed by atoms with van der Waals surface area (Å²) in [6, 6.07) is 17.9. The highest BCUT2D eigenvalue weighted by Crippen LogP contribution is 2.12. The number of benzene rings is 2. The predicted octanol–water partition coefficient (Wildman–Crippen LogP) is 2.74. The molecule has 1 atom stereocenters. The molecule has 0 amide bonds. The molecule has 0 aliphatic heterocycles. The summed E-state index contributed by atoms with van der Waals surface area (Å²) in [5, 5.41) is 21.1. The molecule has 0 aliphatic rings. The number of carbonyl (C=O) groups is 1. The molecule has 0 saturated heterocycles. The van der Waals surface area contributed by atoms with Crippen molar-refractivity contribution < 1.29 is 9.90 Å². The van der Waals surface area contributed by atoms with E-state index in [-0.39, 0.29) is 11.6 Å². The first-order valence-electron chi connectivity index (χ1n) is 6.21. The number of hydrogen-bond donors (Lipinski definition) is 2. The zero-order valence-corrected chi connectivity index (χ0v) is 10.8. The van der Waals surface area contributed by atoms with Gasteiger partial charge in [0.1, 0.15) is 6.04 Å². The largest absolute Gasteiger partial charge is 0.478 e. The Morgan fingerprint density at radius 1 is 1.15 bits per heavy atom. The van der Waals surface area contributed by atoms with Crippen molar-refractivity contribution in [2.24, 2.45) is 0 Å². The van der Waals surface area contributed by atoms with E-state index in [0.29, 0.717) is 6.54 Å². The van der Waals surface area contributed by atoms with Gasteiger partial charge >= 0.3 is 5.97 Å². The first kappa shape index (κ1) is 13.8. The van der Waals surface area contributed by atoms with E-state index in [0.717, 1.165) is 11.1 Å². The fourth-order valence-electron chi connectivity index (χ4n) is 1.87. The Bertz CT molecular complexity index is 615. The van der Waals surface area contributed by atoms with Crippen molar-refractivity contribution >= 4 is 5.97 Å².